The SMILES string of the molecule is O=C(CCl)c1csc(N2CCn3cnnc3C2)n1. The molecule has 1 aliphatic heterocycles. The van der Waals surface area contributed by atoms with Crippen molar-refractivity contribution in [2.45, 2.75) is 13.1 Å². The van der Waals surface area contributed by atoms with E-state index in [0.717, 1.165) is 24.0 Å². The summed E-state index contributed by atoms with van der Waals surface area (Å²) in [5.41, 5.74) is 0.442. The predicted octanol–water partition coefficient (Wildman–Crippen LogP) is 1.18. The third-order valence-electron chi connectivity index (χ3n) is 2.81. The van der Waals surface area contributed by atoms with E-state index in [1.807, 2.05) is 4.57 Å². The number of aromatic nitrogens is 4. The third kappa shape index (κ3) is 1.99. The highest BCUT2D eigenvalue weighted by atomic mass is 35.5. The largest absolute Gasteiger partial charge is 0.339 e. The van der Waals surface area contributed by atoms with Gasteiger partial charge in [0.1, 0.15) is 12.0 Å². The van der Waals surface area contributed by atoms with Crippen LogP contribution < -0.4 is 4.90 Å². The van der Waals surface area contributed by atoms with Gasteiger partial charge in [0.15, 0.2) is 16.7 Å². The molecule has 18 heavy (non-hydrogen) atoms. The highest BCUT2D eigenvalue weighted by Crippen LogP contribution is 2.24. The number of hydrogen-bond acceptors (Lipinski definition) is 6. The molecular formula is C10H10ClN5OS. The first-order chi connectivity index (χ1) is 8.78. The molecule has 3 rings (SSSR count). The molecule has 94 valence electrons. The quantitative estimate of drug-likeness (QED) is 0.625. The van der Waals surface area contributed by atoms with Crippen LogP contribution in [0.4, 0.5) is 5.13 Å². The molecule has 0 aromatic carbocycles. The van der Waals surface area contributed by atoms with Gasteiger partial charge in [0.2, 0.25) is 0 Å². The number of ketones is 1. The summed E-state index contributed by atoms with van der Waals surface area (Å²) in [5, 5.41) is 10.5. The molecule has 0 radical (unpaired) electrons. The number of Topliss-reactive ketones (excluding diaryl/α,β-unsaturated/α-hetero) is 1. The van der Waals surface area contributed by atoms with Crippen molar-refractivity contribution in [2.24, 2.45) is 0 Å². The fraction of sp³-hybridized carbons (Fsp3) is 0.400. The molecule has 0 saturated heterocycles. The molecule has 0 N–H and O–H groups in total. The van der Waals surface area contributed by atoms with Gasteiger partial charge in [-0.2, -0.15) is 0 Å². The zero-order valence-electron chi connectivity index (χ0n) is 9.41. The Morgan fingerprint density at radius 2 is 2.39 bits per heavy atom. The van der Waals surface area contributed by atoms with Gasteiger partial charge >= 0.3 is 0 Å². The first-order valence-electron chi connectivity index (χ1n) is 5.44. The lowest BCUT2D eigenvalue weighted by atomic mass is 10.3. The second kappa shape index (κ2) is 4.66. The van der Waals surface area contributed by atoms with Crippen molar-refractivity contribution in [3.63, 3.8) is 0 Å². The molecule has 0 aliphatic carbocycles. The van der Waals surface area contributed by atoms with Crippen LogP contribution in [0.3, 0.4) is 0 Å². The normalized spacial score (nSPS) is 14.6. The van der Waals surface area contributed by atoms with Crippen LogP contribution in [0.5, 0.6) is 0 Å². The number of fused-ring (bicyclic) bond motifs is 1. The minimum absolute atomic E-state index is 0.0303. The van der Waals surface area contributed by atoms with Crippen LogP contribution in [-0.4, -0.2) is 38.0 Å². The minimum atomic E-state index is -0.139. The molecule has 0 amide bonds. The van der Waals surface area contributed by atoms with Crippen LogP contribution in [0.15, 0.2) is 11.7 Å². The molecule has 6 nitrogen and oxygen atoms in total. The first-order valence-corrected chi connectivity index (χ1v) is 6.85. The van der Waals surface area contributed by atoms with E-state index in [9.17, 15) is 4.79 Å². The van der Waals surface area contributed by atoms with Crippen LogP contribution in [0.1, 0.15) is 16.3 Å². The Labute approximate surface area is 112 Å². The Bertz CT molecular complexity index is 580. The fourth-order valence-electron chi connectivity index (χ4n) is 1.84. The summed E-state index contributed by atoms with van der Waals surface area (Å²) < 4.78 is 2.02. The molecule has 2 aromatic rings. The summed E-state index contributed by atoms with van der Waals surface area (Å²) in [4.78, 5) is 17.8. The molecule has 8 heteroatoms. The highest BCUT2D eigenvalue weighted by Gasteiger charge is 2.21. The first kappa shape index (κ1) is 11.6. The van der Waals surface area contributed by atoms with Crippen molar-refractivity contribution in [1.29, 1.82) is 0 Å². The standard InChI is InChI=1S/C10H10ClN5OS/c11-3-8(17)7-5-18-10(13-7)15-1-2-16-6-12-14-9(16)4-15/h5-6H,1-4H2. The van der Waals surface area contributed by atoms with E-state index in [2.05, 4.69) is 20.1 Å². The van der Waals surface area contributed by atoms with E-state index in [0.29, 0.717) is 12.2 Å². The average molecular weight is 284 g/mol. The fourth-order valence-corrected chi connectivity index (χ4v) is 2.83. The topological polar surface area (TPSA) is 63.9 Å². The molecule has 0 saturated carbocycles. The number of rotatable bonds is 3. The second-order valence-electron chi connectivity index (χ2n) is 3.93. The van der Waals surface area contributed by atoms with Gasteiger partial charge in [-0.3, -0.25) is 4.79 Å². The Balaban J connectivity index is 1.80. The molecule has 1 aliphatic rings. The Morgan fingerprint density at radius 1 is 1.50 bits per heavy atom. The number of carbonyl (C=O) groups is 1. The second-order valence-corrected chi connectivity index (χ2v) is 5.04. The van der Waals surface area contributed by atoms with Crippen LogP contribution in [0.2, 0.25) is 0 Å². The lowest BCUT2D eigenvalue weighted by Gasteiger charge is -2.26. The number of halogens is 1. The number of anilines is 1. The molecule has 0 unspecified atom stereocenters. The van der Waals surface area contributed by atoms with Crippen LogP contribution in [-0.2, 0) is 13.1 Å². The summed E-state index contributed by atoms with van der Waals surface area (Å²) in [6.45, 7) is 2.34. The molecule has 0 spiro atoms. The Hall–Kier alpha value is -1.47. The molecule has 0 fully saturated rings. The number of thiazole rings is 1. The van der Waals surface area contributed by atoms with Crippen molar-refractivity contribution >= 4 is 33.9 Å². The summed E-state index contributed by atoms with van der Waals surface area (Å²) in [7, 11) is 0. The van der Waals surface area contributed by atoms with E-state index in [1.165, 1.54) is 11.3 Å². The predicted molar refractivity (Wildman–Crippen MR) is 68.2 cm³/mol. The van der Waals surface area contributed by atoms with Crippen molar-refractivity contribution in [3.8, 4) is 0 Å². The average Bonchev–Trinajstić information content (AvgIpc) is 3.05. The van der Waals surface area contributed by atoms with Crippen molar-refractivity contribution < 1.29 is 4.79 Å². The molecule has 3 heterocycles. The summed E-state index contributed by atoms with van der Waals surface area (Å²) in [6.07, 6.45) is 1.73. The van der Waals surface area contributed by atoms with E-state index >= 15 is 0 Å². The third-order valence-corrected chi connectivity index (χ3v) is 3.95. The zero-order chi connectivity index (χ0) is 12.5. The van der Waals surface area contributed by atoms with Crippen molar-refractivity contribution in [1.82, 2.24) is 19.7 Å². The van der Waals surface area contributed by atoms with Crippen LogP contribution in [0, 0.1) is 0 Å². The highest BCUT2D eigenvalue weighted by molar-refractivity contribution is 7.13. The smallest absolute Gasteiger partial charge is 0.196 e. The molecule has 2 aromatic heterocycles. The molecular weight excluding hydrogens is 274 g/mol. The van der Waals surface area contributed by atoms with E-state index < -0.39 is 0 Å². The number of hydrogen-bond donors (Lipinski definition) is 0. The minimum Gasteiger partial charge on any atom is -0.339 e. The monoisotopic (exact) mass is 283 g/mol. The number of carbonyl (C=O) groups excluding carboxylic acids is 1. The lowest BCUT2D eigenvalue weighted by Crippen LogP contribution is -2.33. The molecule has 0 bridgehead atoms. The maximum atomic E-state index is 11.4. The van der Waals surface area contributed by atoms with Gasteiger partial charge in [-0.05, 0) is 0 Å². The van der Waals surface area contributed by atoms with Gasteiger partial charge < -0.3 is 9.47 Å². The maximum absolute atomic E-state index is 11.4. The van der Waals surface area contributed by atoms with Gasteiger partial charge in [0.25, 0.3) is 0 Å². The number of alkyl halides is 1. The van der Waals surface area contributed by atoms with Crippen LogP contribution >= 0.6 is 22.9 Å². The maximum Gasteiger partial charge on any atom is 0.196 e. The van der Waals surface area contributed by atoms with E-state index in [4.69, 9.17) is 11.6 Å². The van der Waals surface area contributed by atoms with Crippen molar-refractivity contribution in [2.75, 3.05) is 17.3 Å². The lowest BCUT2D eigenvalue weighted by molar-refractivity contribution is 0.101. The molecule has 0 atom stereocenters. The van der Waals surface area contributed by atoms with E-state index in [-0.39, 0.29) is 11.7 Å². The van der Waals surface area contributed by atoms with Gasteiger partial charge in [-0.15, -0.1) is 33.1 Å². The van der Waals surface area contributed by atoms with Gasteiger partial charge in [0.05, 0.1) is 12.4 Å². The Morgan fingerprint density at radius 3 is 3.22 bits per heavy atom. The van der Waals surface area contributed by atoms with Crippen molar-refractivity contribution in [3.05, 3.63) is 23.2 Å². The van der Waals surface area contributed by atoms with E-state index in [1.54, 1.807) is 11.7 Å². The van der Waals surface area contributed by atoms with Gasteiger partial charge in [-0.25, -0.2) is 4.98 Å². The van der Waals surface area contributed by atoms with Gasteiger partial charge in [0, 0.05) is 18.5 Å². The zero-order valence-corrected chi connectivity index (χ0v) is 11.0. The number of nitrogens with zero attached hydrogens (tertiary/aromatic N) is 5. The summed E-state index contributed by atoms with van der Waals surface area (Å²) >= 11 is 6.97. The summed E-state index contributed by atoms with van der Waals surface area (Å²) in [5.74, 6) is 0.748. The van der Waals surface area contributed by atoms with Crippen LogP contribution in [0.25, 0.3) is 0 Å². The van der Waals surface area contributed by atoms with Gasteiger partial charge in [-0.1, -0.05) is 0 Å². The summed E-state index contributed by atoms with van der Waals surface area (Å²) in [6, 6.07) is 0. The Kier molecular flexibility index (Phi) is 3.00.